The standard InChI is InChI=1S/C10H20N2O/c1-4-7-12-8-5-6-9(12)10(13)11(2)3/h9H,4-8H2,1-3H3. The molecule has 1 rings (SSSR count). The molecule has 3 nitrogen and oxygen atoms in total. The zero-order chi connectivity index (χ0) is 9.84. The molecule has 1 heterocycles. The molecule has 13 heavy (non-hydrogen) atoms. The van der Waals surface area contributed by atoms with E-state index in [1.54, 1.807) is 4.90 Å². The van der Waals surface area contributed by atoms with Crippen molar-refractivity contribution in [2.45, 2.75) is 32.2 Å². The molecule has 1 amide bonds. The van der Waals surface area contributed by atoms with Gasteiger partial charge in [-0.15, -0.1) is 0 Å². The predicted octanol–water partition coefficient (Wildman–Crippen LogP) is 0.949. The fourth-order valence-corrected chi connectivity index (χ4v) is 1.96. The molecular formula is C10H20N2O. The van der Waals surface area contributed by atoms with E-state index in [0.29, 0.717) is 0 Å². The van der Waals surface area contributed by atoms with Crippen LogP contribution in [0.2, 0.25) is 0 Å². The normalized spacial score (nSPS) is 23.5. The Labute approximate surface area is 80.7 Å². The summed E-state index contributed by atoms with van der Waals surface area (Å²) in [6.07, 6.45) is 3.35. The topological polar surface area (TPSA) is 23.6 Å². The van der Waals surface area contributed by atoms with E-state index in [1.165, 1.54) is 6.42 Å². The summed E-state index contributed by atoms with van der Waals surface area (Å²) in [6, 6.07) is 0.162. The number of nitrogens with zero attached hydrogens (tertiary/aromatic N) is 2. The predicted molar refractivity (Wildman–Crippen MR) is 53.6 cm³/mol. The minimum atomic E-state index is 0.162. The first-order valence-electron chi connectivity index (χ1n) is 5.12. The molecule has 3 heteroatoms. The average molecular weight is 184 g/mol. The second-order valence-corrected chi connectivity index (χ2v) is 3.93. The number of hydrogen-bond donors (Lipinski definition) is 0. The van der Waals surface area contributed by atoms with Gasteiger partial charge in [-0.05, 0) is 32.4 Å². The zero-order valence-corrected chi connectivity index (χ0v) is 8.92. The molecule has 1 unspecified atom stereocenters. The Balaban J connectivity index is 2.52. The molecule has 0 saturated carbocycles. The minimum absolute atomic E-state index is 0.162. The molecule has 0 N–H and O–H groups in total. The van der Waals surface area contributed by atoms with E-state index in [0.717, 1.165) is 25.9 Å². The molecule has 76 valence electrons. The van der Waals surface area contributed by atoms with Crippen LogP contribution in [-0.4, -0.2) is 48.9 Å². The van der Waals surface area contributed by atoms with Gasteiger partial charge in [0.05, 0.1) is 6.04 Å². The van der Waals surface area contributed by atoms with Gasteiger partial charge in [-0.1, -0.05) is 6.92 Å². The number of carbonyl (C=O) groups is 1. The molecule has 1 saturated heterocycles. The van der Waals surface area contributed by atoms with Crippen molar-refractivity contribution in [2.24, 2.45) is 0 Å². The van der Waals surface area contributed by atoms with Crippen LogP contribution in [-0.2, 0) is 4.79 Å². The van der Waals surface area contributed by atoms with Crippen molar-refractivity contribution in [2.75, 3.05) is 27.2 Å². The molecule has 0 aliphatic carbocycles. The van der Waals surface area contributed by atoms with Crippen LogP contribution in [0.3, 0.4) is 0 Å². The van der Waals surface area contributed by atoms with Gasteiger partial charge in [0.15, 0.2) is 0 Å². The Bertz CT molecular complexity index is 180. The molecule has 0 aromatic carbocycles. The summed E-state index contributed by atoms with van der Waals surface area (Å²) in [5, 5.41) is 0. The molecule has 1 fully saturated rings. The molecule has 0 bridgehead atoms. The van der Waals surface area contributed by atoms with Crippen LogP contribution < -0.4 is 0 Å². The Morgan fingerprint density at radius 1 is 1.54 bits per heavy atom. The van der Waals surface area contributed by atoms with Crippen molar-refractivity contribution in [3.63, 3.8) is 0 Å². The third kappa shape index (κ3) is 2.44. The third-order valence-corrected chi connectivity index (χ3v) is 2.60. The molecular weight excluding hydrogens is 164 g/mol. The van der Waals surface area contributed by atoms with Crippen molar-refractivity contribution in [3.05, 3.63) is 0 Å². The smallest absolute Gasteiger partial charge is 0.239 e. The maximum absolute atomic E-state index is 11.7. The van der Waals surface area contributed by atoms with E-state index in [2.05, 4.69) is 11.8 Å². The van der Waals surface area contributed by atoms with Crippen LogP contribution in [0.1, 0.15) is 26.2 Å². The summed E-state index contributed by atoms with van der Waals surface area (Å²) in [7, 11) is 3.68. The molecule has 1 atom stereocenters. The number of likely N-dealkylation sites (N-methyl/N-ethyl adjacent to an activating group) is 1. The first-order valence-corrected chi connectivity index (χ1v) is 5.12. The summed E-state index contributed by atoms with van der Waals surface area (Å²) in [4.78, 5) is 15.7. The highest BCUT2D eigenvalue weighted by Gasteiger charge is 2.30. The summed E-state index contributed by atoms with van der Waals surface area (Å²) in [5.74, 6) is 0.269. The highest BCUT2D eigenvalue weighted by Crippen LogP contribution is 2.18. The van der Waals surface area contributed by atoms with Crippen LogP contribution in [0, 0.1) is 0 Å². The number of rotatable bonds is 3. The molecule has 0 aromatic rings. The number of amides is 1. The van der Waals surface area contributed by atoms with Gasteiger partial charge in [-0.25, -0.2) is 0 Å². The van der Waals surface area contributed by atoms with Gasteiger partial charge in [0.2, 0.25) is 5.91 Å². The maximum Gasteiger partial charge on any atom is 0.239 e. The second kappa shape index (κ2) is 4.61. The molecule has 1 aliphatic heterocycles. The lowest BCUT2D eigenvalue weighted by atomic mass is 10.2. The Kier molecular flexibility index (Phi) is 3.72. The van der Waals surface area contributed by atoms with E-state index in [9.17, 15) is 4.79 Å². The lowest BCUT2D eigenvalue weighted by molar-refractivity contribution is -0.133. The maximum atomic E-state index is 11.7. The lowest BCUT2D eigenvalue weighted by Gasteiger charge is -2.25. The van der Waals surface area contributed by atoms with Crippen molar-refractivity contribution in [1.29, 1.82) is 0 Å². The van der Waals surface area contributed by atoms with Gasteiger partial charge in [0.25, 0.3) is 0 Å². The number of carbonyl (C=O) groups excluding carboxylic acids is 1. The molecule has 1 aliphatic rings. The van der Waals surface area contributed by atoms with Crippen LogP contribution in [0.15, 0.2) is 0 Å². The molecule has 0 aromatic heterocycles. The van der Waals surface area contributed by atoms with E-state index in [1.807, 2.05) is 14.1 Å². The number of likely N-dealkylation sites (tertiary alicyclic amines) is 1. The molecule has 0 spiro atoms. The van der Waals surface area contributed by atoms with E-state index in [-0.39, 0.29) is 11.9 Å². The summed E-state index contributed by atoms with van der Waals surface area (Å²) < 4.78 is 0. The van der Waals surface area contributed by atoms with Crippen molar-refractivity contribution < 1.29 is 4.79 Å². The van der Waals surface area contributed by atoms with E-state index in [4.69, 9.17) is 0 Å². The summed E-state index contributed by atoms with van der Waals surface area (Å²) in [6.45, 7) is 4.32. The van der Waals surface area contributed by atoms with Gasteiger partial charge in [-0.3, -0.25) is 9.69 Å². The van der Waals surface area contributed by atoms with E-state index < -0.39 is 0 Å². The van der Waals surface area contributed by atoms with Gasteiger partial charge >= 0.3 is 0 Å². The summed E-state index contributed by atoms with van der Waals surface area (Å²) >= 11 is 0. The number of hydrogen-bond acceptors (Lipinski definition) is 2. The first kappa shape index (κ1) is 10.5. The highest BCUT2D eigenvalue weighted by molar-refractivity contribution is 5.81. The van der Waals surface area contributed by atoms with Gasteiger partial charge in [0.1, 0.15) is 0 Å². The van der Waals surface area contributed by atoms with Gasteiger partial charge in [-0.2, -0.15) is 0 Å². The fourth-order valence-electron chi connectivity index (χ4n) is 1.96. The largest absolute Gasteiger partial charge is 0.347 e. The van der Waals surface area contributed by atoms with Gasteiger partial charge in [0, 0.05) is 14.1 Å². The minimum Gasteiger partial charge on any atom is -0.347 e. The monoisotopic (exact) mass is 184 g/mol. The summed E-state index contributed by atoms with van der Waals surface area (Å²) in [5.41, 5.74) is 0. The Hall–Kier alpha value is -0.570. The van der Waals surface area contributed by atoms with Crippen LogP contribution >= 0.6 is 0 Å². The van der Waals surface area contributed by atoms with Crippen molar-refractivity contribution >= 4 is 5.91 Å². The second-order valence-electron chi connectivity index (χ2n) is 3.93. The van der Waals surface area contributed by atoms with Crippen LogP contribution in [0.5, 0.6) is 0 Å². The van der Waals surface area contributed by atoms with Crippen LogP contribution in [0.4, 0.5) is 0 Å². The molecule has 0 radical (unpaired) electrons. The van der Waals surface area contributed by atoms with Crippen molar-refractivity contribution in [1.82, 2.24) is 9.80 Å². The third-order valence-electron chi connectivity index (χ3n) is 2.60. The zero-order valence-electron chi connectivity index (χ0n) is 8.92. The highest BCUT2D eigenvalue weighted by atomic mass is 16.2. The van der Waals surface area contributed by atoms with Crippen molar-refractivity contribution in [3.8, 4) is 0 Å². The lowest BCUT2D eigenvalue weighted by Crippen LogP contribution is -2.42. The SMILES string of the molecule is CCCN1CCCC1C(=O)N(C)C. The van der Waals surface area contributed by atoms with Crippen LogP contribution in [0.25, 0.3) is 0 Å². The Morgan fingerprint density at radius 2 is 2.23 bits per heavy atom. The fraction of sp³-hybridized carbons (Fsp3) is 0.900. The quantitative estimate of drug-likeness (QED) is 0.652. The first-order chi connectivity index (χ1) is 6.16. The van der Waals surface area contributed by atoms with Gasteiger partial charge < -0.3 is 4.90 Å². The Morgan fingerprint density at radius 3 is 2.77 bits per heavy atom. The average Bonchev–Trinajstić information content (AvgIpc) is 2.52. The van der Waals surface area contributed by atoms with E-state index >= 15 is 0 Å².